The second-order valence-electron chi connectivity index (χ2n) is 5.33. The van der Waals surface area contributed by atoms with Crippen LogP contribution in [-0.4, -0.2) is 42.8 Å². The highest BCUT2D eigenvalue weighted by atomic mass is 32.2. The topological polar surface area (TPSA) is 100 Å². The van der Waals surface area contributed by atoms with Crippen LogP contribution in [0, 0.1) is 0 Å². The molecule has 0 atom stereocenters. The van der Waals surface area contributed by atoms with Crippen LogP contribution in [0.2, 0.25) is 0 Å². The Hall–Kier alpha value is -2.78. The smallest absolute Gasteiger partial charge is 0.338 e. The number of carbonyl (C=O) groups is 1. The zero-order valence-electron chi connectivity index (χ0n) is 15.4. The number of benzene rings is 2. The molecule has 0 aromatic heterocycles. The molecular weight excluding hydrogens is 374 g/mol. The first-order valence-corrected chi connectivity index (χ1v) is 9.34. The Morgan fingerprint density at radius 3 is 2.22 bits per heavy atom. The standard InChI is InChI=1S/C18H21NO7S/c1-19-27(21,22)17-10-12(5-7-16(17)25-4)18(20)26-11-13-9-14(23-2)6-8-15(13)24-3/h5-10,19H,11H2,1-4H3. The Kier molecular flexibility index (Phi) is 6.65. The van der Waals surface area contributed by atoms with Crippen LogP contribution in [-0.2, 0) is 21.4 Å². The van der Waals surface area contributed by atoms with Gasteiger partial charge in [-0.25, -0.2) is 17.9 Å². The van der Waals surface area contributed by atoms with Gasteiger partial charge < -0.3 is 18.9 Å². The number of carbonyl (C=O) groups excluding carboxylic acids is 1. The van der Waals surface area contributed by atoms with Crippen molar-refractivity contribution in [3.8, 4) is 17.2 Å². The van der Waals surface area contributed by atoms with Gasteiger partial charge in [-0.3, -0.25) is 0 Å². The molecule has 0 aliphatic rings. The molecule has 27 heavy (non-hydrogen) atoms. The number of nitrogens with one attached hydrogen (secondary N) is 1. The van der Waals surface area contributed by atoms with Gasteiger partial charge in [0, 0.05) is 5.56 Å². The zero-order chi connectivity index (χ0) is 20.0. The minimum absolute atomic E-state index is 0.0701. The van der Waals surface area contributed by atoms with Gasteiger partial charge in [0.05, 0.1) is 26.9 Å². The summed E-state index contributed by atoms with van der Waals surface area (Å²) in [5.74, 6) is 0.566. The van der Waals surface area contributed by atoms with Gasteiger partial charge in [-0.2, -0.15) is 0 Å². The molecule has 2 aromatic rings. The van der Waals surface area contributed by atoms with Crippen molar-refractivity contribution < 1.29 is 32.2 Å². The number of sulfonamides is 1. The highest BCUT2D eigenvalue weighted by Crippen LogP contribution is 2.27. The molecule has 2 rings (SSSR count). The summed E-state index contributed by atoms with van der Waals surface area (Å²) in [5.41, 5.74) is 0.688. The number of rotatable bonds is 8. The van der Waals surface area contributed by atoms with E-state index in [1.807, 2.05) is 0 Å². The maximum atomic E-state index is 12.4. The normalized spacial score (nSPS) is 11.0. The van der Waals surface area contributed by atoms with Gasteiger partial charge in [0.2, 0.25) is 10.0 Å². The summed E-state index contributed by atoms with van der Waals surface area (Å²) >= 11 is 0. The van der Waals surface area contributed by atoms with E-state index in [1.54, 1.807) is 18.2 Å². The van der Waals surface area contributed by atoms with Crippen LogP contribution in [0.5, 0.6) is 17.2 Å². The SMILES string of the molecule is CNS(=O)(=O)c1cc(C(=O)OCc2cc(OC)ccc2OC)ccc1OC. The van der Waals surface area contributed by atoms with Crippen molar-refractivity contribution in [3.63, 3.8) is 0 Å². The molecule has 0 saturated carbocycles. The van der Waals surface area contributed by atoms with Crippen molar-refractivity contribution in [2.24, 2.45) is 0 Å². The van der Waals surface area contributed by atoms with Crippen molar-refractivity contribution in [2.45, 2.75) is 11.5 Å². The molecular formula is C18H21NO7S. The van der Waals surface area contributed by atoms with Crippen molar-refractivity contribution >= 4 is 16.0 Å². The molecule has 0 radical (unpaired) electrons. The van der Waals surface area contributed by atoms with Crippen LogP contribution < -0.4 is 18.9 Å². The van der Waals surface area contributed by atoms with Gasteiger partial charge >= 0.3 is 5.97 Å². The Labute approximate surface area is 158 Å². The molecule has 1 N–H and O–H groups in total. The highest BCUT2D eigenvalue weighted by molar-refractivity contribution is 7.89. The summed E-state index contributed by atoms with van der Waals surface area (Å²) in [5, 5.41) is 0. The summed E-state index contributed by atoms with van der Waals surface area (Å²) in [6, 6.07) is 9.15. The quantitative estimate of drug-likeness (QED) is 0.682. The molecule has 8 nitrogen and oxygen atoms in total. The van der Waals surface area contributed by atoms with Crippen molar-refractivity contribution in [3.05, 3.63) is 47.5 Å². The van der Waals surface area contributed by atoms with Gasteiger partial charge in [-0.1, -0.05) is 0 Å². The molecule has 0 amide bonds. The van der Waals surface area contributed by atoms with Crippen LogP contribution in [0.25, 0.3) is 0 Å². The molecule has 0 bridgehead atoms. The van der Waals surface area contributed by atoms with E-state index in [2.05, 4.69) is 4.72 Å². The molecule has 0 unspecified atom stereocenters. The van der Waals surface area contributed by atoms with Gasteiger partial charge in [-0.05, 0) is 43.4 Å². The lowest BCUT2D eigenvalue weighted by Gasteiger charge is -2.12. The van der Waals surface area contributed by atoms with E-state index < -0.39 is 16.0 Å². The van der Waals surface area contributed by atoms with E-state index in [1.165, 1.54) is 46.6 Å². The third-order valence-corrected chi connectivity index (χ3v) is 5.24. The van der Waals surface area contributed by atoms with E-state index in [-0.39, 0.29) is 22.8 Å². The van der Waals surface area contributed by atoms with Crippen LogP contribution in [0.4, 0.5) is 0 Å². The summed E-state index contributed by atoms with van der Waals surface area (Å²) < 4.78 is 47.2. The number of hydrogen-bond donors (Lipinski definition) is 1. The molecule has 0 aliphatic carbocycles. The second-order valence-corrected chi connectivity index (χ2v) is 7.18. The number of hydrogen-bond acceptors (Lipinski definition) is 7. The lowest BCUT2D eigenvalue weighted by atomic mass is 10.2. The van der Waals surface area contributed by atoms with E-state index >= 15 is 0 Å². The average Bonchev–Trinajstić information content (AvgIpc) is 2.71. The van der Waals surface area contributed by atoms with E-state index in [0.717, 1.165) is 0 Å². The Morgan fingerprint density at radius 1 is 0.963 bits per heavy atom. The Balaban J connectivity index is 2.26. The van der Waals surface area contributed by atoms with E-state index in [9.17, 15) is 13.2 Å². The fourth-order valence-electron chi connectivity index (χ4n) is 2.34. The lowest BCUT2D eigenvalue weighted by Crippen LogP contribution is -2.20. The highest BCUT2D eigenvalue weighted by Gasteiger charge is 2.21. The molecule has 9 heteroatoms. The number of ether oxygens (including phenoxy) is 4. The first-order chi connectivity index (χ1) is 12.9. The molecule has 2 aromatic carbocycles. The first kappa shape index (κ1) is 20.5. The molecule has 0 aliphatic heterocycles. The molecule has 0 fully saturated rings. The van der Waals surface area contributed by atoms with E-state index in [0.29, 0.717) is 17.1 Å². The monoisotopic (exact) mass is 395 g/mol. The second kappa shape index (κ2) is 8.74. The Bertz CT molecular complexity index is 925. The van der Waals surface area contributed by atoms with Gasteiger partial charge in [-0.15, -0.1) is 0 Å². The van der Waals surface area contributed by atoms with Gasteiger partial charge in [0.25, 0.3) is 0 Å². The van der Waals surface area contributed by atoms with E-state index in [4.69, 9.17) is 18.9 Å². The van der Waals surface area contributed by atoms with Crippen molar-refractivity contribution in [2.75, 3.05) is 28.4 Å². The summed E-state index contributed by atoms with van der Waals surface area (Å²) in [6.07, 6.45) is 0. The van der Waals surface area contributed by atoms with Gasteiger partial charge in [0.1, 0.15) is 28.8 Å². The molecule has 0 spiro atoms. The van der Waals surface area contributed by atoms with Gasteiger partial charge in [0.15, 0.2) is 0 Å². The zero-order valence-corrected chi connectivity index (χ0v) is 16.3. The summed E-state index contributed by atoms with van der Waals surface area (Å²) in [6.45, 7) is -0.0701. The maximum absolute atomic E-state index is 12.4. The van der Waals surface area contributed by atoms with Crippen LogP contribution >= 0.6 is 0 Å². The fourth-order valence-corrected chi connectivity index (χ4v) is 3.26. The minimum Gasteiger partial charge on any atom is -0.497 e. The summed E-state index contributed by atoms with van der Waals surface area (Å²) in [7, 11) is 1.85. The summed E-state index contributed by atoms with van der Waals surface area (Å²) in [4.78, 5) is 12.2. The van der Waals surface area contributed by atoms with Crippen LogP contribution in [0.1, 0.15) is 15.9 Å². The lowest BCUT2D eigenvalue weighted by molar-refractivity contribution is 0.0469. The number of methoxy groups -OCH3 is 3. The largest absolute Gasteiger partial charge is 0.497 e. The predicted octanol–water partition coefficient (Wildman–Crippen LogP) is 1.98. The average molecular weight is 395 g/mol. The molecule has 0 saturated heterocycles. The third kappa shape index (κ3) is 4.69. The number of esters is 1. The van der Waals surface area contributed by atoms with Crippen LogP contribution in [0.15, 0.2) is 41.3 Å². The van der Waals surface area contributed by atoms with Crippen molar-refractivity contribution in [1.82, 2.24) is 4.72 Å². The molecule has 146 valence electrons. The Morgan fingerprint density at radius 2 is 1.63 bits per heavy atom. The first-order valence-electron chi connectivity index (χ1n) is 7.86. The molecule has 0 heterocycles. The predicted molar refractivity (Wildman–Crippen MR) is 97.9 cm³/mol. The minimum atomic E-state index is -3.80. The fraction of sp³-hybridized carbons (Fsp3) is 0.278. The maximum Gasteiger partial charge on any atom is 0.338 e. The third-order valence-electron chi connectivity index (χ3n) is 3.80. The van der Waals surface area contributed by atoms with Crippen molar-refractivity contribution in [1.29, 1.82) is 0 Å². The van der Waals surface area contributed by atoms with Crippen LogP contribution in [0.3, 0.4) is 0 Å².